The van der Waals surface area contributed by atoms with E-state index in [1.165, 1.54) is 26.2 Å². The third-order valence-electron chi connectivity index (χ3n) is 5.41. The lowest BCUT2D eigenvalue weighted by atomic mass is 9.84. The summed E-state index contributed by atoms with van der Waals surface area (Å²) in [4.78, 5) is 35.9. The molecule has 0 spiro atoms. The van der Waals surface area contributed by atoms with Crippen molar-refractivity contribution in [2.24, 2.45) is 5.92 Å². The van der Waals surface area contributed by atoms with E-state index in [2.05, 4.69) is 16.7 Å². The number of benzene rings is 1. The SMILES string of the molecule is CC(C)C[C@H](NC(=O)COc1ccccc1C1CCCCC1)C(=O)NC(C)C(=O)O. The topological polar surface area (TPSA) is 105 Å². The average Bonchev–Trinajstić information content (AvgIpc) is 2.72. The molecule has 1 aromatic carbocycles. The van der Waals surface area contributed by atoms with Crippen molar-refractivity contribution in [1.29, 1.82) is 0 Å². The molecule has 1 aromatic rings. The second kappa shape index (κ2) is 11.6. The smallest absolute Gasteiger partial charge is 0.325 e. The summed E-state index contributed by atoms with van der Waals surface area (Å²) >= 11 is 0. The molecule has 1 fully saturated rings. The van der Waals surface area contributed by atoms with Crippen molar-refractivity contribution in [3.05, 3.63) is 29.8 Å². The highest BCUT2D eigenvalue weighted by Crippen LogP contribution is 2.37. The third kappa shape index (κ3) is 7.35. The summed E-state index contributed by atoms with van der Waals surface area (Å²) in [6, 6.07) is 5.99. The molecule has 0 aromatic heterocycles. The van der Waals surface area contributed by atoms with Gasteiger partial charge in [0.1, 0.15) is 17.8 Å². The van der Waals surface area contributed by atoms with Gasteiger partial charge in [-0.25, -0.2) is 0 Å². The van der Waals surface area contributed by atoms with Crippen LogP contribution in [0, 0.1) is 5.92 Å². The van der Waals surface area contributed by atoms with Gasteiger partial charge in [-0.3, -0.25) is 14.4 Å². The van der Waals surface area contributed by atoms with Crippen LogP contribution in [0.2, 0.25) is 0 Å². The van der Waals surface area contributed by atoms with Gasteiger partial charge in [0.15, 0.2) is 6.61 Å². The van der Waals surface area contributed by atoms with Crippen molar-refractivity contribution in [1.82, 2.24) is 10.6 Å². The number of amides is 2. The molecule has 1 unspecified atom stereocenters. The maximum absolute atomic E-state index is 12.5. The maximum Gasteiger partial charge on any atom is 0.325 e. The zero-order valence-corrected chi connectivity index (χ0v) is 18.1. The summed E-state index contributed by atoms with van der Waals surface area (Å²) in [6.45, 7) is 5.06. The fourth-order valence-corrected chi connectivity index (χ4v) is 3.82. The highest BCUT2D eigenvalue weighted by molar-refractivity contribution is 5.90. The summed E-state index contributed by atoms with van der Waals surface area (Å²) in [7, 11) is 0. The minimum absolute atomic E-state index is 0.147. The number of hydrogen-bond donors (Lipinski definition) is 3. The zero-order valence-electron chi connectivity index (χ0n) is 18.1. The van der Waals surface area contributed by atoms with E-state index in [1.54, 1.807) is 0 Å². The monoisotopic (exact) mass is 418 g/mol. The van der Waals surface area contributed by atoms with E-state index in [4.69, 9.17) is 9.84 Å². The molecule has 0 radical (unpaired) electrons. The molecule has 0 bridgehead atoms. The molecule has 1 saturated carbocycles. The molecule has 2 amide bonds. The Morgan fingerprint density at radius 3 is 2.37 bits per heavy atom. The van der Waals surface area contributed by atoms with Crippen LogP contribution in [0.5, 0.6) is 5.75 Å². The van der Waals surface area contributed by atoms with Gasteiger partial charge in [0.2, 0.25) is 5.91 Å². The van der Waals surface area contributed by atoms with Crippen molar-refractivity contribution in [3.8, 4) is 5.75 Å². The summed E-state index contributed by atoms with van der Waals surface area (Å²) in [6.07, 6.45) is 6.35. The van der Waals surface area contributed by atoms with Crippen molar-refractivity contribution >= 4 is 17.8 Å². The molecule has 0 aliphatic heterocycles. The number of para-hydroxylation sites is 1. The summed E-state index contributed by atoms with van der Waals surface area (Å²) < 4.78 is 5.82. The highest BCUT2D eigenvalue weighted by Gasteiger charge is 2.25. The minimum Gasteiger partial charge on any atom is -0.483 e. The summed E-state index contributed by atoms with van der Waals surface area (Å²) in [5, 5.41) is 14.1. The first-order chi connectivity index (χ1) is 14.3. The molecule has 7 heteroatoms. The molecule has 1 aliphatic carbocycles. The second-order valence-electron chi connectivity index (χ2n) is 8.48. The molecule has 1 aliphatic rings. The number of nitrogens with one attached hydrogen (secondary N) is 2. The van der Waals surface area contributed by atoms with Crippen molar-refractivity contribution in [2.75, 3.05) is 6.61 Å². The Morgan fingerprint density at radius 1 is 1.07 bits per heavy atom. The number of ether oxygens (including phenoxy) is 1. The van der Waals surface area contributed by atoms with Gasteiger partial charge in [-0.1, -0.05) is 51.3 Å². The lowest BCUT2D eigenvalue weighted by Crippen LogP contribution is -2.52. The van der Waals surface area contributed by atoms with Crippen LogP contribution in [0.3, 0.4) is 0 Å². The van der Waals surface area contributed by atoms with Crippen molar-refractivity contribution in [2.45, 2.75) is 77.3 Å². The molecule has 3 N–H and O–H groups in total. The second-order valence-corrected chi connectivity index (χ2v) is 8.48. The number of hydrogen-bond acceptors (Lipinski definition) is 4. The number of carbonyl (C=O) groups excluding carboxylic acids is 2. The summed E-state index contributed by atoms with van der Waals surface area (Å²) in [5.41, 5.74) is 1.14. The molecule has 2 rings (SSSR count). The van der Waals surface area contributed by atoms with Gasteiger partial charge in [-0.15, -0.1) is 0 Å². The molecular weight excluding hydrogens is 384 g/mol. The predicted octanol–water partition coefficient (Wildman–Crippen LogP) is 3.23. The first-order valence-corrected chi connectivity index (χ1v) is 10.8. The van der Waals surface area contributed by atoms with Crippen LogP contribution in [-0.2, 0) is 14.4 Å². The number of carbonyl (C=O) groups is 3. The predicted molar refractivity (Wildman–Crippen MR) is 114 cm³/mol. The molecule has 0 saturated heterocycles. The van der Waals surface area contributed by atoms with Crippen LogP contribution in [-0.4, -0.2) is 41.6 Å². The van der Waals surface area contributed by atoms with E-state index < -0.39 is 29.9 Å². The molecule has 2 atom stereocenters. The van der Waals surface area contributed by atoms with Crippen molar-refractivity contribution < 1.29 is 24.2 Å². The Morgan fingerprint density at radius 2 is 1.73 bits per heavy atom. The van der Waals surface area contributed by atoms with E-state index in [1.807, 2.05) is 32.0 Å². The first kappa shape index (κ1) is 23.7. The van der Waals surface area contributed by atoms with Crippen molar-refractivity contribution in [3.63, 3.8) is 0 Å². The Bertz CT molecular complexity index is 728. The Kier molecular flexibility index (Phi) is 9.15. The first-order valence-electron chi connectivity index (χ1n) is 10.8. The van der Waals surface area contributed by atoms with Crippen LogP contribution in [0.25, 0.3) is 0 Å². The Hall–Kier alpha value is -2.57. The Labute approximate surface area is 178 Å². The highest BCUT2D eigenvalue weighted by atomic mass is 16.5. The summed E-state index contributed by atoms with van der Waals surface area (Å²) in [5.74, 6) is -0.722. The standard InChI is InChI=1S/C23H34N2O5/c1-15(2)13-19(22(27)24-16(3)23(28)29)25-21(26)14-30-20-12-8-7-11-18(20)17-9-5-4-6-10-17/h7-8,11-12,15-17,19H,4-6,9-10,13-14H2,1-3H3,(H,24,27)(H,25,26)(H,28,29)/t16?,19-/m0/s1. The normalized spacial score (nSPS) is 16.5. The quantitative estimate of drug-likeness (QED) is 0.541. The average molecular weight is 419 g/mol. The van der Waals surface area contributed by atoms with Gasteiger partial charge in [-0.2, -0.15) is 0 Å². The van der Waals surface area contributed by atoms with E-state index in [9.17, 15) is 14.4 Å². The fourth-order valence-electron chi connectivity index (χ4n) is 3.82. The number of carboxylic acid groups (broad SMARTS) is 1. The van der Waals surface area contributed by atoms with E-state index in [0.29, 0.717) is 18.1 Å². The number of carboxylic acids is 1. The van der Waals surface area contributed by atoms with Crippen LogP contribution >= 0.6 is 0 Å². The molecule has 0 heterocycles. The van der Waals surface area contributed by atoms with E-state index >= 15 is 0 Å². The number of rotatable bonds is 10. The zero-order chi connectivity index (χ0) is 22.1. The molecule has 166 valence electrons. The lowest BCUT2D eigenvalue weighted by Gasteiger charge is -2.24. The van der Waals surface area contributed by atoms with Crippen LogP contribution in [0.1, 0.15) is 70.8 Å². The molecule has 7 nitrogen and oxygen atoms in total. The number of aliphatic carboxylic acids is 1. The fraction of sp³-hybridized carbons (Fsp3) is 0.609. The van der Waals surface area contributed by atoms with Gasteiger partial charge in [-0.05, 0) is 49.7 Å². The molecular formula is C23H34N2O5. The van der Waals surface area contributed by atoms with Crippen LogP contribution in [0.4, 0.5) is 0 Å². The lowest BCUT2D eigenvalue weighted by molar-refractivity contribution is -0.141. The largest absolute Gasteiger partial charge is 0.483 e. The van der Waals surface area contributed by atoms with Crippen LogP contribution < -0.4 is 15.4 Å². The van der Waals surface area contributed by atoms with Gasteiger partial charge in [0.25, 0.3) is 5.91 Å². The van der Waals surface area contributed by atoms with Gasteiger partial charge >= 0.3 is 5.97 Å². The maximum atomic E-state index is 12.5. The van der Waals surface area contributed by atoms with E-state index in [-0.39, 0.29) is 12.5 Å². The van der Waals surface area contributed by atoms with Gasteiger partial charge < -0.3 is 20.5 Å². The van der Waals surface area contributed by atoms with E-state index in [0.717, 1.165) is 18.4 Å². The van der Waals surface area contributed by atoms with Gasteiger partial charge in [0, 0.05) is 0 Å². The molecule has 30 heavy (non-hydrogen) atoms. The van der Waals surface area contributed by atoms with Gasteiger partial charge in [0.05, 0.1) is 0 Å². The Balaban J connectivity index is 1.97. The minimum atomic E-state index is -1.12. The van der Waals surface area contributed by atoms with Crippen LogP contribution in [0.15, 0.2) is 24.3 Å². The third-order valence-corrected chi connectivity index (χ3v) is 5.41.